The molecule has 2 aliphatic heterocycles. The monoisotopic (exact) mass is 365 g/mol. The number of aryl methyl sites for hydroxylation is 1. The van der Waals surface area contributed by atoms with Crippen molar-refractivity contribution in [1.82, 2.24) is 19.8 Å². The Morgan fingerprint density at radius 1 is 0.852 bits per heavy atom. The van der Waals surface area contributed by atoms with Crippen LogP contribution in [0.15, 0.2) is 42.6 Å². The van der Waals surface area contributed by atoms with Gasteiger partial charge in [0.1, 0.15) is 5.82 Å². The molecular weight excluding hydrogens is 334 g/mol. The Kier molecular flexibility index (Phi) is 6.00. The highest BCUT2D eigenvalue weighted by atomic mass is 15.3. The number of aromatic nitrogens is 2. The Hall–Kier alpha value is -1.98. The minimum Gasteiger partial charge on any atom is -0.369 e. The highest BCUT2D eigenvalue weighted by molar-refractivity contribution is 5.46. The fourth-order valence-electron chi connectivity index (χ4n) is 4.31. The van der Waals surface area contributed by atoms with Gasteiger partial charge in [-0.2, -0.15) is 0 Å². The first-order chi connectivity index (χ1) is 13.3. The summed E-state index contributed by atoms with van der Waals surface area (Å²) in [6.45, 7) is 11.4. The van der Waals surface area contributed by atoms with Crippen LogP contribution in [0.3, 0.4) is 0 Å². The average Bonchev–Trinajstić information content (AvgIpc) is 2.74. The lowest BCUT2D eigenvalue weighted by Crippen LogP contribution is -2.49. The standard InChI is InChI=1S/C22H31N5/c1-19-23-10-7-22(24-19)20-8-11-25(12-9-20)13-14-26-15-17-27(18-16-26)21-5-3-2-4-6-21/h2-7,10,20H,8-9,11-18H2,1H3. The Morgan fingerprint density at radius 3 is 2.19 bits per heavy atom. The lowest BCUT2D eigenvalue weighted by Gasteiger charge is -2.38. The first kappa shape index (κ1) is 18.4. The molecule has 0 spiro atoms. The summed E-state index contributed by atoms with van der Waals surface area (Å²) < 4.78 is 0. The van der Waals surface area contributed by atoms with Gasteiger partial charge in [-0.1, -0.05) is 18.2 Å². The van der Waals surface area contributed by atoms with E-state index in [4.69, 9.17) is 0 Å². The summed E-state index contributed by atoms with van der Waals surface area (Å²) in [5.74, 6) is 1.50. The average molecular weight is 366 g/mol. The summed E-state index contributed by atoms with van der Waals surface area (Å²) in [5, 5.41) is 0. The van der Waals surface area contributed by atoms with E-state index in [9.17, 15) is 0 Å². The molecule has 5 heteroatoms. The molecule has 5 nitrogen and oxygen atoms in total. The number of hydrogen-bond acceptors (Lipinski definition) is 5. The molecule has 1 aromatic heterocycles. The van der Waals surface area contributed by atoms with E-state index < -0.39 is 0 Å². The van der Waals surface area contributed by atoms with Crippen LogP contribution < -0.4 is 4.90 Å². The molecule has 0 amide bonds. The second-order valence-corrected chi connectivity index (χ2v) is 7.81. The second kappa shape index (κ2) is 8.81. The molecule has 4 rings (SSSR count). The minimum absolute atomic E-state index is 0.609. The molecule has 1 aromatic carbocycles. The molecular formula is C22H31N5. The molecule has 144 valence electrons. The zero-order chi connectivity index (χ0) is 18.5. The normalized spacial score (nSPS) is 20.1. The quantitative estimate of drug-likeness (QED) is 0.814. The summed E-state index contributed by atoms with van der Waals surface area (Å²) in [4.78, 5) is 16.6. The lowest BCUT2D eigenvalue weighted by atomic mass is 9.93. The van der Waals surface area contributed by atoms with E-state index >= 15 is 0 Å². The predicted molar refractivity (Wildman–Crippen MR) is 110 cm³/mol. The SMILES string of the molecule is Cc1nccc(C2CCN(CCN3CCN(c4ccccc4)CC3)CC2)n1. The fourth-order valence-corrected chi connectivity index (χ4v) is 4.31. The zero-order valence-electron chi connectivity index (χ0n) is 16.4. The van der Waals surface area contributed by atoms with Crippen molar-refractivity contribution in [3.05, 3.63) is 54.1 Å². The third-order valence-corrected chi connectivity index (χ3v) is 6.03. The maximum absolute atomic E-state index is 4.63. The van der Waals surface area contributed by atoms with Crippen molar-refractivity contribution >= 4 is 5.69 Å². The Bertz CT molecular complexity index is 704. The van der Waals surface area contributed by atoms with E-state index in [1.54, 1.807) is 0 Å². The Morgan fingerprint density at radius 2 is 1.52 bits per heavy atom. The number of likely N-dealkylation sites (tertiary alicyclic amines) is 1. The van der Waals surface area contributed by atoms with Crippen LogP contribution in [-0.2, 0) is 0 Å². The summed E-state index contributed by atoms with van der Waals surface area (Å²) >= 11 is 0. The van der Waals surface area contributed by atoms with E-state index in [0.29, 0.717) is 5.92 Å². The van der Waals surface area contributed by atoms with Gasteiger partial charge in [-0.3, -0.25) is 4.90 Å². The number of piperidine rings is 1. The molecule has 0 N–H and O–H groups in total. The van der Waals surface area contributed by atoms with Crippen molar-refractivity contribution in [2.45, 2.75) is 25.7 Å². The topological polar surface area (TPSA) is 35.5 Å². The molecule has 3 heterocycles. The van der Waals surface area contributed by atoms with E-state index in [1.165, 1.54) is 63.5 Å². The van der Waals surface area contributed by atoms with Crippen molar-refractivity contribution in [3.8, 4) is 0 Å². The van der Waals surface area contributed by atoms with Crippen LogP contribution in [-0.4, -0.2) is 72.1 Å². The molecule has 27 heavy (non-hydrogen) atoms. The lowest BCUT2D eigenvalue weighted by molar-refractivity contribution is 0.168. The molecule has 2 aliphatic rings. The van der Waals surface area contributed by atoms with E-state index in [2.05, 4.69) is 61.1 Å². The predicted octanol–water partition coefficient (Wildman–Crippen LogP) is 2.79. The van der Waals surface area contributed by atoms with Gasteiger partial charge < -0.3 is 9.80 Å². The van der Waals surface area contributed by atoms with Gasteiger partial charge in [0, 0.05) is 62.8 Å². The van der Waals surface area contributed by atoms with Crippen molar-refractivity contribution in [3.63, 3.8) is 0 Å². The first-order valence-electron chi connectivity index (χ1n) is 10.3. The van der Waals surface area contributed by atoms with Crippen LogP contribution in [0.4, 0.5) is 5.69 Å². The maximum atomic E-state index is 4.63. The molecule has 2 saturated heterocycles. The van der Waals surface area contributed by atoms with Gasteiger partial charge >= 0.3 is 0 Å². The number of para-hydroxylation sites is 1. The van der Waals surface area contributed by atoms with E-state index in [0.717, 1.165) is 18.9 Å². The number of piperazine rings is 1. The van der Waals surface area contributed by atoms with E-state index in [1.807, 2.05) is 13.1 Å². The number of nitrogens with zero attached hydrogens (tertiary/aromatic N) is 5. The van der Waals surface area contributed by atoms with Gasteiger partial charge in [0.25, 0.3) is 0 Å². The third-order valence-electron chi connectivity index (χ3n) is 6.03. The van der Waals surface area contributed by atoms with Gasteiger partial charge in [0.15, 0.2) is 0 Å². The van der Waals surface area contributed by atoms with E-state index in [-0.39, 0.29) is 0 Å². The van der Waals surface area contributed by atoms with Gasteiger partial charge in [-0.25, -0.2) is 9.97 Å². The Labute approximate surface area is 163 Å². The molecule has 0 saturated carbocycles. The van der Waals surface area contributed by atoms with Crippen LogP contribution in [0.25, 0.3) is 0 Å². The first-order valence-corrected chi connectivity index (χ1v) is 10.3. The van der Waals surface area contributed by atoms with Gasteiger partial charge in [0.05, 0.1) is 0 Å². The highest BCUT2D eigenvalue weighted by Gasteiger charge is 2.23. The van der Waals surface area contributed by atoms with Crippen molar-refractivity contribution < 1.29 is 0 Å². The molecule has 0 aliphatic carbocycles. The fraction of sp³-hybridized carbons (Fsp3) is 0.545. The van der Waals surface area contributed by atoms with Crippen LogP contribution in [0, 0.1) is 6.92 Å². The highest BCUT2D eigenvalue weighted by Crippen LogP contribution is 2.26. The number of rotatable bonds is 5. The van der Waals surface area contributed by atoms with Crippen LogP contribution in [0.2, 0.25) is 0 Å². The third kappa shape index (κ3) is 4.85. The maximum Gasteiger partial charge on any atom is 0.125 e. The molecule has 0 unspecified atom stereocenters. The molecule has 2 aromatic rings. The molecule has 0 radical (unpaired) electrons. The largest absolute Gasteiger partial charge is 0.369 e. The van der Waals surface area contributed by atoms with Crippen molar-refractivity contribution in [2.75, 3.05) is 57.3 Å². The summed E-state index contributed by atoms with van der Waals surface area (Å²) in [5.41, 5.74) is 2.60. The molecule has 2 fully saturated rings. The van der Waals surface area contributed by atoms with Crippen molar-refractivity contribution in [1.29, 1.82) is 0 Å². The summed E-state index contributed by atoms with van der Waals surface area (Å²) in [7, 11) is 0. The molecule has 0 atom stereocenters. The van der Waals surface area contributed by atoms with Gasteiger partial charge in [0.2, 0.25) is 0 Å². The number of hydrogen-bond donors (Lipinski definition) is 0. The molecule has 0 bridgehead atoms. The summed E-state index contributed by atoms with van der Waals surface area (Å²) in [6, 6.07) is 12.9. The second-order valence-electron chi connectivity index (χ2n) is 7.81. The smallest absolute Gasteiger partial charge is 0.125 e. The zero-order valence-corrected chi connectivity index (χ0v) is 16.4. The summed E-state index contributed by atoms with van der Waals surface area (Å²) in [6.07, 6.45) is 4.34. The van der Waals surface area contributed by atoms with Crippen LogP contribution >= 0.6 is 0 Å². The Balaban J connectivity index is 1.18. The van der Waals surface area contributed by atoms with Crippen molar-refractivity contribution in [2.24, 2.45) is 0 Å². The van der Waals surface area contributed by atoms with Gasteiger partial charge in [-0.15, -0.1) is 0 Å². The van der Waals surface area contributed by atoms with Crippen LogP contribution in [0.5, 0.6) is 0 Å². The number of benzene rings is 1. The minimum atomic E-state index is 0.609. The van der Waals surface area contributed by atoms with Crippen LogP contribution in [0.1, 0.15) is 30.3 Å². The van der Waals surface area contributed by atoms with Gasteiger partial charge in [-0.05, 0) is 51.1 Å². The number of anilines is 1.